The molecule has 0 spiro atoms. The smallest absolute Gasteiger partial charge is 0.280 e. The van der Waals surface area contributed by atoms with Crippen molar-refractivity contribution in [1.82, 2.24) is 10.3 Å². The van der Waals surface area contributed by atoms with Crippen molar-refractivity contribution in [3.8, 4) is 0 Å². The number of rotatable bonds is 7. The molecule has 0 atom stereocenters. The SMILES string of the molecule is O=C(NNS(=O)(=O)c1ccccc1)c1cccc(S(=O)(=O)Nc2cccc(C(F)(F)F)c2)c1. The van der Waals surface area contributed by atoms with E-state index in [1.165, 1.54) is 36.4 Å². The van der Waals surface area contributed by atoms with Gasteiger partial charge in [0.25, 0.3) is 26.0 Å². The minimum atomic E-state index is -4.66. The zero-order chi connectivity index (χ0) is 24.3. The maximum absolute atomic E-state index is 12.9. The standard InChI is InChI=1S/C20H16F3N3O5S2/c21-20(22,23)15-7-5-8-16(13-15)25-32(28,29)18-11-4-6-14(12-18)19(27)24-26-33(30,31)17-9-2-1-3-10-17/h1-13,25-26H,(H,24,27). The van der Waals surface area contributed by atoms with Crippen LogP contribution in [0.1, 0.15) is 15.9 Å². The predicted octanol–water partition coefficient (Wildman–Crippen LogP) is 3.13. The lowest BCUT2D eigenvalue weighted by Gasteiger charge is -2.12. The summed E-state index contributed by atoms with van der Waals surface area (Å²) >= 11 is 0. The van der Waals surface area contributed by atoms with Crippen molar-refractivity contribution in [2.24, 2.45) is 0 Å². The average molecular weight is 499 g/mol. The highest BCUT2D eigenvalue weighted by molar-refractivity contribution is 7.92. The van der Waals surface area contributed by atoms with Gasteiger partial charge in [0, 0.05) is 11.3 Å². The number of alkyl halides is 3. The first-order valence-electron chi connectivity index (χ1n) is 9.06. The summed E-state index contributed by atoms with van der Waals surface area (Å²) in [6, 6.07) is 15.3. The summed E-state index contributed by atoms with van der Waals surface area (Å²) in [5, 5.41) is 0. The topological polar surface area (TPSA) is 121 Å². The van der Waals surface area contributed by atoms with Crippen molar-refractivity contribution in [2.75, 3.05) is 4.72 Å². The third-order valence-electron chi connectivity index (χ3n) is 4.20. The number of halogens is 3. The van der Waals surface area contributed by atoms with Gasteiger partial charge in [-0.3, -0.25) is 14.9 Å². The molecule has 8 nitrogen and oxygen atoms in total. The summed E-state index contributed by atoms with van der Waals surface area (Å²) < 4.78 is 90.2. The van der Waals surface area contributed by atoms with Crippen molar-refractivity contribution >= 4 is 31.6 Å². The Balaban J connectivity index is 1.76. The van der Waals surface area contributed by atoms with Crippen LogP contribution in [-0.2, 0) is 26.2 Å². The normalized spacial score (nSPS) is 12.2. The molecule has 0 saturated carbocycles. The zero-order valence-corrected chi connectivity index (χ0v) is 18.1. The summed E-state index contributed by atoms with van der Waals surface area (Å²) in [4.78, 5) is 13.7. The highest BCUT2D eigenvalue weighted by Crippen LogP contribution is 2.31. The second kappa shape index (κ2) is 9.21. The molecule has 0 heterocycles. The van der Waals surface area contributed by atoms with Gasteiger partial charge in [-0.1, -0.05) is 30.3 Å². The van der Waals surface area contributed by atoms with Gasteiger partial charge in [0.05, 0.1) is 15.4 Å². The third kappa shape index (κ3) is 6.09. The van der Waals surface area contributed by atoms with Gasteiger partial charge < -0.3 is 0 Å². The lowest BCUT2D eigenvalue weighted by atomic mass is 10.2. The molecule has 3 aromatic rings. The quantitative estimate of drug-likeness (QED) is 0.432. The van der Waals surface area contributed by atoms with E-state index in [9.17, 15) is 34.8 Å². The molecule has 0 radical (unpaired) electrons. The van der Waals surface area contributed by atoms with Crippen LogP contribution in [0.4, 0.5) is 18.9 Å². The number of hydrazine groups is 1. The van der Waals surface area contributed by atoms with E-state index >= 15 is 0 Å². The lowest BCUT2D eigenvalue weighted by Crippen LogP contribution is -2.41. The highest BCUT2D eigenvalue weighted by atomic mass is 32.2. The molecule has 33 heavy (non-hydrogen) atoms. The minimum Gasteiger partial charge on any atom is -0.280 e. The van der Waals surface area contributed by atoms with Crippen LogP contribution >= 0.6 is 0 Å². The monoisotopic (exact) mass is 499 g/mol. The molecule has 0 aliphatic carbocycles. The number of hydrogen-bond donors (Lipinski definition) is 3. The van der Waals surface area contributed by atoms with E-state index in [0.29, 0.717) is 6.07 Å². The summed E-state index contributed by atoms with van der Waals surface area (Å²) in [5.41, 5.74) is 0.398. The Morgan fingerprint density at radius 2 is 1.36 bits per heavy atom. The first-order valence-corrected chi connectivity index (χ1v) is 12.0. The van der Waals surface area contributed by atoms with Crippen molar-refractivity contribution < 1.29 is 34.8 Å². The first kappa shape index (κ1) is 24.2. The Labute approximate surface area is 187 Å². The van der Waals surface area contributed by atoms with E-state index in [1.54, 1.807) is 6.07 Å². The van der Waals surface area contributed by atoms with E-state index in [2.05, 4.69) is 0 Å². The second-order valence-electron chi connectivity index (χ2n) is 6.58. The fraction of sp³-hybridized carbons (Fsp3) is 0.0500. The van der Waals surface area contributed by atoms with Crippen LogP contribution in [0.2, 0.25) is 0 Å². The second-order valence-corrected chi connectivity index (χ2v) is 9.95. The number of anilines is 1. The Morgan fingerprint density at radius 1 is 0.727 bits per heavy atom. The molecule has 0 fully saturated rings. The highest BCUT2D eigenvalue weighted by Gasteiger charge is 2.30. The van der Waals surface area contributed by atoms with Gasteiger partial charge in [-0.05, 0) is 48.5 Å². The predicted molar refractivity (Wildman–Crippen MR) is 113 cm³/mol. The lowest BCUT2D eigenvalue weighted by molar-refractivity contribution is -0.137. The fourth-order valence-corrected chi connectivity index (χ4v) is 4.58. The summed E-state index contributed by atoms with van der Waals surface area (Å²) in [6.45, 7) is 0. The van der Waals surface area contributed by atoms with E-state index in [0.717, 1.165) is 30.3 Å². The molecule has 0 aliphatic heterocycles. The molecule has 0 bridgehead atoms. The maximum atomic E-state index is 12.9. The van der Waals surface area contributed by atoms with E-state index in [1.807, 2.05) is 15.0 Å². The first-order chi connectivity index (χ1) is 15.4. The maximum Gasteiger partial charge on any atom is 0.416 e. The molecule has 0 aliphatic rings. The molecule has 3 rings (SSSR count). The van der Waals surface area contributed by atoms with Gasteiger partial charge in [0.1, 0.15) is 0 Å². The Kier molecular flexibility index (Phi) is 6.76. The minimum absolute atomic E-state index is 0.105. The van der Waals surface area contributed by atoms with Gasteiger partial charge in [-0.2, -0.15) is 13.2 Å². The molecule has 0 unspecified atom stereocenters. The van der Waals surface area contributed by atoms with Crippen LogP contribution in [0.3, 0.4) is 0 Å². The molecule has 1 amide bonds. The van der Waals surface area contributed by atoms with Gasteiger partial charge in [-0.15, -0.1) is 4.83 Å². The molecule has 174 valence electrons. The van der Waals surface area contributed by atoms with Gasteiger partial charge in [-0.25, -0.2) is 16.8 Å². The number of amides is 1. The number of benzene rings is 3. The molecule has 0 saturated heterocycles. The van der Waals surface area contributed by atoms with E-state index in [4.69, 9.17) is 0 Å². The van der Waals surface area contributed by atoms with Crippen LogP contribution in [0, 0.1) is 0 Å². The summed E-state index contributed by atoms with van der Waals surface area (Å²) in [5.74, 6) is -0.953. The van der Waals surface area contributed by atoms with Crippen LogP contribution in [-0.4, -0.2) is 22.7 Å². The fourth-order valence-electron chi connectivity index (χ4n) is 2.62. The molecule has 3 aromatic carbocycles. The Bertz CT molecular complexity index is 1380. The van der Waals surface area contributed by atoms with Crippen LogP contribution < -0.4 is 15.0 Å². The number of hydrogen-bond acceptors (Lipinski definition) is 5. The van der Waals surface area contributed by atoms with Crippen molar-refractivity contribution in [3.63, 3.8) is 0 Å². The molecular weight excluding hydrogens is 483 g/mol. The van der Waals surface area contributed by atoms with Gasteiger partial charge in [0.15, 0.2) is 0 Å². The third-order valence-corrected chi connectivity index (χ3v) is 6.84. The van der Waals surface area contributed by atoms with Crippen LogP contribution in [0.15, 0.2) is 88.7 Å². The largest absolute Gasteiger partial charge is 0.416 e. The molecule has 0 aromatic heterocycles. The van der Waals surface area contributed by atoms with Crippen LogP contribution in [0.25, 0.3) is 0 Å². The summed E-state index contributed by atoms with van der Waals surface area (Å²) in [7, 11) is -8.42. The van der Waals surface area contributed by atoms with Crippen LogP contribution in [0.5, 0.6) is 0 Å². The molecular formula is C20H16F3N3O5S2. The van der Waals surface area contributed by atoms with Crippen molar-refractivity contribution in [3.05, 3.63) is 90.0 Å². The number of carbonyl (C=O) groups excluding carboxylic acids is 1. The van der Waals surface area contributed by atoms with Gasteiger partial charge >= 0.3 is 6.18 Å². The molecule has 3 N–H and O–H groups in total. The van der Waals surface area contributed by atoms with Crippen molar-refractivity contribution in [2.45, 2.75) is 16.0 Å². The van der Waals surface area contributed by atoms with E-state index < -0.39 is 42.6 Å². The van der Waals surface area contributed by atoms with Crippen molar-refractivity contribution in [1.29, 1.82) is 0 Å². The Hall–Kier alpha value is -3.42. The summed E-state index contributed by atoms with van der Waals surface area (Å²) in [6.07, 6.45) is -4.66. The zero-order valence-electron chi connectivity index (χ0n) is 16.5. The Morgan fingerprint density at radius 3 is 2.03 bits per heavy atom. The average Bonchev–Trinajstić information content (AvgIpc) is 2.77. The molecule has 13 heteroatoms. The number of nitrogens with one attached hydrogen (secondary N) is 3. The number of carbonyl (C=O) groups is 1. The van der Waals surface area contributed by atoms with E-state index in [-0.39, 0.29) is 16.1 Å². The number of sulfonamides is 2. The van der Waals surface area contributed by atoms with Gasteiger partial charge in [0.2, 0.25) is 0 Å².